The molecule has 0 aliphatic carbocycles. The Hall–Kier alpha value is -1.31. The van der Waals surface area contributed by atoms with E-state index >= 15 is 0 Å². The third-order valence-electron chi connectivity index (χ3n) is 1.50. The summed E-state index contributed by atoms with van der Waals surface area (Å²) in [5, 5.41) is 0. The zero-order valence-corrected chi connectivity index (χ0v) is 7.01. The topological polar surface area (TPSA) is 9.23 Å². The second-order valence-corrected chi connectivity index (χ2v) is 2.32. The third-order valence-corrected chi connectivity index (χ3v) is 1.50. The highest BCUT2D eigenvalue weighted by Crippen LogP contribution is 2.17. The van der Waals surface area contributed by atoms with Crippen LogP contribution < -0.4 is 4.74 Å². The first-order valence-corrected chi connectivity index (χ1v) is 3.82. The van der Waals surface area contributed by atoms with Gasteiger partial charge in [0.2, 0.25) is 0 Å². The van der Waals surface area contributed by atoms with Crippen LogP contribution >= 0.6 is 0 Å². The summed E-state index contributed by atoms with van der Waals surface area (Å²) in [6.07, 6.45) is 1.47. The zero-order valence-electron chi connectivity index (χ0n) is 7.01. The highest BCUT2D eigenvalue weighted by Gasteiger charge is 1.99. The van der Waals surface area contributed by atoms with Gasteiger partial charge in [-0.2, -0.15) is 0 Å². The Labute approximate surface area is 71.5 Å². The molecule has 0 saturated heterocycles. The minimum absolute atomic E-state index is 0.270. The molecule has 0 fully saturated rings. The fourth-order valence-electron chi connectivity index (χ4n) is 0.935. The molecule has 0 unspecified atom stereocenters. The summed E-state index contributed by atoms with van der Waals surface area (Å²) in [6.45, 7) is 5.97. The van der Waals surface area contributed by atoms with Gasteiger partial charge < -0.3 is 4.74 Å². The molecule has 0 atom stereocenters. The van der Waals surface area contributed by atoms with Crippen molar-refractivity contribution in [2.75, 3.05) is 6.61 Å². The van der Waals surface area contributed by atoms with Gasteiger partial charge in [0.1, 0.15) is 11.6 Å². The number of halogens is 1. The minimum atomic E-state index is -0.270. The van der Waals surface area contributed by atoms with Gasteiger partial charge in [-0.25, -0.2) is 4.39 Å². The van der Waals surface area contributed by atoms with Crippen molar-refractivity contribution in [1.82, 2.24) is 0 Å². The predicted octanol–water partition coefficient (Wildman–Crippen LogP) is 2.87. The number of rotatable bonds is 3. The van der Waals surface area contributed by atoms with Gasteiger partial charge in [0.15, 0.2) is 0 Å². The van der Waals surface area contributed by atoms with E-state index < -0.39 is 0 Å². The Morgan fingerprint density at radius 1 is 1.58 bits per heavy atom. The van der Waals surface area contributed by atoms with Gasteiger partial charge in [0.05, 0.1) is 6.61 Å². The Kier molecular flexibility index (Phi) is 2.86. The van der Waals surface area contributed by atoms with Crippen molar-refractivity contribution in [3.05, 3.63) is 36.2 Å². The van der Waals surface area contributed by atoms with Crippen LogP contribution in [0.1, 0.15) is 12.5 Å². The van der Waals surface area contributed by atoms with Crippen molar-refractivity contribution in [3.8, 4) is 5.75 Å². The largest absolute Gasteiger partial charge is 0.494 e. The fraction of sp³-hybridized carbons (Fsp3) is 0.200. The molecule has 0 N–H and O–H groups in total. The van der Waals surface area contributed by atoms with E-state index in [2.05, 4.69) is 6.58 Å². The van der Waals surface area contributed by atoms with Crippen LogP contribution in [0.4, 0.5) is 4.39 Å². The quantitative estimate of drug-likeness (QED) is 0.670. The predicted molar refractivity (Wildman–Crippen MR) is 47.7 cm³/mol. The summed E-state index contributed by atoms with van der Waals surface area (Å²) in [7, 11) is 0. The molecule has 1 aromatic carbocycles. The van der Waals surface area contributed by atoms with Crippen LogP contribution in [0, 0.1) is 5.82 Å². The average molecular weight is 166 g/mol. The average Bonchev–Trinajstić information content (AvgIpc) is 2.09. The molecule has 64 valence electrons. The lowest BCUT2D eigenvalue weighted by Crippen LogP contribution is -1.92. The van der Waals surface area contributed by atoms with Crippen LogP contribution in [-0.4, -0.2) is 6.61 Å². The minimum Gasteiger partial charge on any atom is -0.494 e. The van der Waals surface area contributed by atoms with Crippen LogP contribution in [0.3, 0.4) is 0 Å². The molecule has 0 aliphatic heterocycles. The van der Waals surface area contributed by atoms with Crippen molar-refractivity contribution in [2.24, 2.45) is 0 Å². The fourth-order valence-corrected chi connectivity index (χ4v) is 0.935. The van der Waals surface area contributed by atoms with E-state index in [4.69, 9.17) is 4.74 Å². The van der Waals surface area contributed by atoms with Crippen molar-refractivity contribution < 1.29 is 9.13 Å². The molecular formula is C10H11FO. The van der Waals surface area contributed by atoms with Gasteiger partial charge in [-0.15, -0.1) is 0 Å². The summed E-state index contributed by atoms with van der Waals surface area (Å²) in [6, 6.07) is 4.61. The zero-order chi connectivity index (χ0) is 8.97. The van der Waals surface area contributed by atoms with Gasteiger partial charge in [-0.05, 0) is 25.1 Å². The van der Waals surface area contributed by atoms with Gasteiger partial charge in [0.25, 0.3) is 0 Å². The van der Waals surface area contributed by atoms with Crippen LogP contribution in [0.15, 0.2) is 24.8 Å². The van der Waals surface area contributed by atoms with E-state index in [1.807, 2.05) is 6.92 Å². The van der Waals surface area contributed by atoms with Crippen LogP contribution in [-0.2, 0) is 0 Å². The Morgan fingerprint density at radius 3 is 2.92 bits per heavy atom. The maximum Gasteiger partial charge on any atom is 0.130 e. The Bertz CT molecular complexity index is 281. The van der Waals surface area contributed by atoms with E-state index in [9.17, 15) is 4.39 Å². The molecule has 1 rings (SSSR count). The van der Waals surface area contributed by atoms with E-state index in [-0.39, 0.29) is 5.82 Å². The standard InChI is InChI=1S/C10H11FO/c1-3-8-7-9(12-4-2)5-6-10(8)11/h3,5-7H,1,4H2,2H3. The molecule has 0 heterocycles. The van der Waals surface area contributed by atoms with Crippen LogP contribution in [0.5, 0.6) is 5.75 Å². The first kappa shape index (κ1) is 8.78. The maximum absolute atomic E-state index is 12.9. The van der Waals surface area contributed by atoms with Crippen molar-refractivity contribution in [3.63, 3.8) is 0 Å². The van der Waals surface area contributed by atoms with E-state index in [1.54, 1.807) is 12.1 Å². The Balaban J connectivity index is 2.96. The molecule has 12 heavy (non-hydrogen) atoms. The summed E-state index contributed by atoms with van der Waals surface area (Å²) >= 11 is 0. The van der Waals surface area contributed by atoms with Crippen molar-refractivity contribution >= 4 is 6.08 Å². The number of hydrogen-bond donors (Lipinski definition) is 0. The van der Waals surface area contributed by atoms with Crippen molar-refractivity contribution in [2.45, 2.75) is 6.92 Å². The number of benzene rings is 1. The molecular weight excluding hydrogens is 155 g/mol. The highest BCUT2D eigenvalue weighted by molar-refractivity contribution is 5.50. The molecule has 2 heteroatoms. The molecule has 0 spiro atoms. The third kappa shape index (κ3) is 1.84. The maximum atomic E-state index is 12.9. The van der Waals surface area contributed by atoms with E-state index in [1.165, 1.54) is 12.1 Å². The highest BCUT2D eigenvalue weighted by atomic mass is 19.1. The van der Waals surface area contributed by atoms with E-state index in [0.29, 0.717) is 17.9 Å². The molecule has 0 aliphatic rings. The van der Waals surface area contributed by atoms with E-state index in [0.717, 1.165) is 0 Å². The van der Waals surface area contributed by atoms with Gasteiger partial charge >= 0.3 is 0 Å². The van der Waals surface area contributed by atoms with Gasteiger partial charge in [-0.1, -0.05) is 12.7 Å². The van der Waals surface area contributed by atoms with Gasteiger partial charge in [0, 0.05) is 5.56 Å². The molecule has 1 nitrogen and oxygen atoms in total. The molecule has 0 saturated carbocycles. The van der Waals surface area contributed by atoms with Gasteiger partial charge in [-0.3, -0.25) is 0 Å². The number of ether oxygens (including phenoxy) is 1. The SMILES string of the molecule is C=Cc1cc(OCC)ccc1F. The molecule has 0 aromatic heterocycles. The molecule has 0 bridgehead atoms. The molecule has 1 aromatic rings. The van der Waals surface area contributed by atoms with Crippen LogP contribution in [0.25, 0.3) is 6.08 Å². The summed E-state index contributed by atoms with van der Waals surface area (Å²) < 4.78 is 18.1. The lowest BCUT2D eigenvalue weighted by atomic mass is 10.2. The summed E-state index contributed by atoms with van der Waals surface area (Å²) in [5.41, 5.74) is 0.473. The second-order valence-electron chi connectivity index (χ2n) is 2.32. The first-order chi connectivity index (χ1) is 5.77. The monoisotopic (exact) mass is 166 g/mol. The number of hydrogen-bond acceptors (Lipinski definition) is 1. The van der Waals surface area contributed by atoms with Crippen molar-refractivity contribution in [1.29, 1.82) is 0 Å². The summed E-state index contributed by atoms with van der Waals surface area (Å²) in [5.74, 6) is 0.405. The first-order valence-electron chi connectivity index (χ1n) is 3.82. The van der Waals surface area contributed by atoms with Crippen LogP contribution in [0.2, 0.25) is 0 Å². The molecule has 0 radical (unpaired) electrons. The summed E-state index contributed by atoms with van der Waals surface area (Å²) in [4.78, 5) is 0. The normalized spacial score (nSPS) is 9.50. The lowest BCUT2D eigenvalue weighted by Gasteiger charge is -2.03. The smallest absolute Gasteiger partial charge is 0.130 e. The second kappa shape index (κ2) is 3.90. The lowest BCUT2D eigenvalue weighted by molar-refractivity contribution is 0.339. The Morgan fingerprint density at radius 2 is 2.33 bits per heavy atom. The molecule has 0 amide bonds.